The second-order valence-corrected chi connectivity index (χ2v) is 10.5. The molecule has 4 heteroatoms. The molecule has 32 heavy (non-hydrogen) atoms. The molecule has 0 bridgehead atoms. The van der Waals surface area contributed by atoms with E-state index in [-0.39, 0.29) is 5.78 Å². The van der Waals surface area contributed by atoms with Crippen molar-refractivity contribution in [2.75, 3.05) is 25.0 Å². The maximum absolute atomic E-state index is 13.2. The summed E-state index contributed by atoms with van der Waals surface area (Å²) in [5, 5.41) is 6.35. The first-order chi connectivity index (χ1) is 15.7. The molecule has 2 aliphatic rings. The standard InChI is InChI=1S/C28H34N2OS/c1-2-16-29-28-26(20-11-13-23-10-6-7-17-30(23)18-15-20)24-19-22(12-14-25(24)32-28)27(31)21-8-4-3-5-9-21/h3-5,8-9,12,14,19-20,23,29H,2,6-7,10-11,13,15-18H2,1H3. The van der Waals surface area contributed by atoms with Gasteiger partial charge in [0.25, 0.3) is 0 Å². The molecule has 168 valence electrons. The number of benzene rings is 2. The summed E-state index contributed by atoms with van der Waals surface area (Å²) in [5.41, 5.74) is 3.04. The number of rotatable bonds is 6. The molecule has 2 unspecified atom stereocenters. The van der Waals surface area contributed by atoms with Crippen LogP contribution < -0.4 is 5.32 Å². The van der Waals surface area contributed by atoms with E-state index in [1.807, 2.05) is 47.7 Å². The molecule has 1 N–H and O–H groups in total. The molecule has 0 saturated carbocycles. The van der Waals surface area contributed by atoms with Crippen molar-refractivity contribution in [3.8, 4) is 0 Å². The molecule has 2 aliphatic heterocycles. The second-order valence-electron chi connectivity index (χ2n) is 9.43. The average Bonchev–Trinajstić information content (AvgIpc) is 3.06. The summed E-state index contributed by atoms with van der Waals surface area (Å²) in [7, 11) is 0. The fraction of sp³-hybridized carbons (Fsp3) is 0.464. The number of hydrogen-bond donors (Lipinski definition) is 1. The zero-order chi connectivity index (χ0) is 21.9. The number of hydrogen-bond acceptors (Lipinski definition) is 4. The number of thiophene rings is 1. The molecule has 0 amide bonds. The number of ketones is 1. The molecule has 2 saturated heterocycles. The van der Waals surface area contributed by atoms with Gasteiger partial charge in [-0.25, -0.2) is 0 Å². The Morgan fingerprint density at radius 2 is 1.88 bits per heavy atom. The van der Waals surface area contributed by atoms with Crippen molar-refractivity contribution >= 4 is 32.2 Å². The van der Waals surface area contributed by atoms with Crippen LogP contribution in [0.3, 0.4) is 0 Å². The zero-order valence-corrected chi connectivity index (χ0v) is 19.9. The van der Waals surface area contributed by atoms with Crippen molar-refractivity contribution in [2.24, 2.45) is 0 Å². The van der Waals surface area contributed by atoms with Gasteiger partial charge < -0.3 is 10.2 Å². The summed E-state index contributed by atoms with van der Waals surface area (Å²) in [5.74, 6) is 0.682. The van der Waals surface area contributed by atoms with Gasteiger partial charge in [-0.3, -0.25) is 4.79 Å². The Bertz CT molecular complexity index is 1060. The molecule has 2 fully saturated rings. The second kappa shape index (κ2) is 9.76. The Kier molecular flexibility index (Phi) is 6.61. The van der Waals surface area contributed by atoms with Crippen LogP contribution in [-0.4, -0.2) is 36.4 Å². The van der Waals surface area contributed by atoms with Gasteiger partial charge >= 0.3 is 0 Å². The Hall–Kier alpha value is -2.17. The van der Waals surface area contributed by atoms with Gasteiger partial charge in [0.15, 0.2) is 5.78 Å². The van der Waals surface area contributed by atoms with Gasteiger partial charge in [0.05, 0.1) is 5.00 Å². The van der Waals surface area contributed by atoms with E-state index in [2.05, 4.69) is 29.3 Å². The van der Waals surface area contributed by atoms with E-state index in [1.54, 1.807) is 0 Å². The van der Waals surface area contributed by atoms with E-state index in [9.17, 15) is 4.79 Å². The van der Waals surface area contributed by atoms with Gasteiger partial charge in [0, 0.05) is 28.4 Å². The fourth-order valence-corrected chi connectivity index (χ4v) is 6.81. The summed E-state index contributed by atoms with van der Waals surface area (Å²) < 4.78 is 1.30. The van der Waals surface area contributed by atoms with E-state index in [0.29, 0.717) is 5.92 Å². The largest absolute Gasteiger partial charge is 0.377 e. The number of nitrogens with one attached hydrogen (secondary N) is 1. The lowest BCUT2D eigenvalue weighted by Gasteiger charge is -2.33. The van der Waals surface area contributed by atoms with Crippen LogP contribution in [0.4, 0.5) is 5.00 Å². The molecule has 0 aliphatic carbocycles. The predicted octanol–water partition coefficient (Wildman–Crippen LogP) is 7.08. The van der Waals surface area contributed by atoms with E-state index in [1.165, 1.54) is 72.3 Å². The van der Waals surface area contributed by atoms with Crippen molar-refractivity contribution in [1.82, 2.24) is 4.90 Å². The minimum Gasteiger partial charge on any atom is -0.377 e. The Balaban J connectivity index is 1.52. The molecule has 3 nitrogen and oxygen atoms in total. The monoisotopic (exact) mass is 446 g/mol. The quantitative estimate of drug-likeness (QED) is 0.411. The highest BCUT2D eigenvalue weighted by atomic mass is 32.1. The Labute approximate surface area is 195 Å². The van der Waals surface area contributed by atoms with Crippen molar-refractivity contribution in [3.63, 3.8) is 0 Å². The van der Waals surface area contributed by atoms with Gasteiger partial charge in [-0.1, -0.05) is 43.7 Å². The van der Waals surface area contributed by atoms with E-state index >= 15 is 0 Å². The highest BCUT2D eigenvalue weighted by Crippen LogP contribution is 2.45. The molecular weight excluding hydrogens is 412 g/mol. The van der Waals surface area contributed by atoms with Crippen LogP contribution in [0.25, 0.3) is 10.1 Å². The maximum Gasteiger partial charge on any atom is 0.193 e. The summed E-state index contributed by atoms with van der Waals surface area (Å²) in [6.07, 6.45) is 9.01. The number of fused-ring (bicyclic) bond motifs is 2. The van der Waals surface area contributed by atoms with E-state index in [0.717, 1.165) is 30.1 Å². The maximum atomic E-state index is 13.2. The van der Waals surface area contributed by atoms with Crippen LogP contribution in [0, 0.1) is 0 Å². The van der Waals surface area contributed by atoms with Crippen molar-refractivity contribution in [3.05, 3.63) is 65.2 Å². The Morgan fingerprint density at radius 1 is 1.00 bits per heavy atom. The highest BCUT2D eigenvalue weighted by molar-refractivity contribution is 7.23. The average molecular weight is 447 g/mol. The molecule has 3 heterocycles. The van der Waals surface area contributed by atoms with Crippen LogP contribution in [0.2, 0.25) is 0 Å². The first kappa shape index (κ1) is 21.7. The minimum atomic E-state index is 0.116. The number of carbonyl (C=O) groups excluding carboxylic acids is 1. The third-order valence-electron chi connectivity index (χ3n) is 7.33. The van der Waals surface area contributed by atoms with Gasteiger partial charge in [-0.15, -0.1) is 11.3 Å². The number of carbonyl (C=O) groups is 1. The Morgan fingerprint density at radius 3 is 2.72 bits per heavy atom. The number of piperidine rings is 1. The molecule has 1 aromatic heterocycles. The molecule has 3 aromatic rings. The molecule has 2 aromatic carbocycles. The van der Waals surface area contributed by atoms with Gasteiger partial charge in [-0.05, 0) is 86.7 Å². The van der Waals surface area contributed by atoms with Crippen molar-refractivity contribution in [1.29, 1.82) is 0 Å². The third kappa shape index (κ3) is 4.35. The molecule has 2 atom stereocenters. The summed E-state index contributed by atoms with van der Waals surface area (Å²) >= 11 is 1.87. The lowest BCUT2D eigenvalue weighted by atomic mass is 9.88. The van der Waals surface area contributed by atoms with Crippen LogP contribution in [0.15, 0.2) is 48.5 Å². The highest BCUT2D eigenvalue weighted by Gasteiger charge is 2.30. The van der Waals surface area contributed by atoms with E-state index in [4.69, 9.17) is 0 Å². The summed E-state index contributed by atoms with van der Waals surface area (Å²) in [6.45, 7) is 5.71. The SMILES string of the molecule is CCCNc1sc2ccc(C(=O)c3ccccc3)cc2c1C1CCC2CCCCN2CC1. The zero-order valence-electron chi connectivity index (χ0n) is 19.1. The first-order valence-corrected chi connectivity index (χ1v) is 13.2. The van der Waals surface area contributed by atoms with Gasteiger partial charge in [0.1, 0.15) is 0 Å². The number of nitrogens with zero attached hydrogens (tertiary/aromatic N) is 1. The lowest BCUT2D eigenvalue weighted by Crippen LogP contribution is -2.38. The molecule has 0 spiro atoms. The molecular formula is C28H34N2OS. The van der Waals surface area contributed by atoms with Crippen molar-refractivity contribution < 1.29 is 4.79 Å². The van der Waals surface area contributed by atoms with Gasteiger partial charge in [0.2, 0.25) is 0 Å². The normalized spacial score (nSPS) is 21.8. The third-order valence-corrected chi connectivity index (χ3v) is 8.47. The van der Waals surface area contributed by atoms with E-state index < -0.39 is 0 Å². The van der Waals surface area contributed by atoms with Crippen LogP contribution in [0.5, 0.6) is 0 Å². The smallest absolute Gasteiger partial charge is 0.193 e. The minimum absolute atomic E-state index is 0.116. The topological polar surface area (TPSA) is 32.3 Å². The lowest BCUT2D eigenvalue weighted by molar-refractivity contribution is 0.103. The molecule has 0 radical (unpaired) electrons. The van der Waals surface area contributed by atoms with Gasteiger partial charge in [-0.2, -0.15) is 0 Å². The summed E-state index contributed by atoms with van der Waals surface area (Å²) in [4.78, 5) is 15.9. The molecule has 5 rings (SSSR count). The van der Waals surface area contributed by atoms with Crippen LogP contribution in [-0.2, 0) is 0 Å². The van der Waals surface area contributed by atoms with Crippen molar-refractivity contribution in [2.45, 2.75) is 63.8 Å². The summed E-state index contributed by atoms with van der Waals surface area (Å²) in [6, 6.07) is 16.8. The van der Waals surface area contributed by atoms with Crippen LogP contribution >= 0.6 is 11.3 Å². The number of anilines is 1. The predicted molar refractivity (Wildman–Crippen MR) is 136 cm³/mol. The first-order valence-electron chi connectivity index (χ1n) is 12.4. The fourth-order valence-electron chi connectivity index (χ4n) is 5.62. The van der Waals surface area contributed by atoms with Crippen LogP contribution in [0.1, 0.15) is 79.3 Å².